The number of anilines is 2. The Labute approximate surface area is 163 Å². The Balaban J connectivity index is 1.63. The van der Waals surface area contributed by atoms with Gasteiger partial charge in [0, 0.05) is 23.1 Å². The maximum absolute atomic E-state index is 13.2. The van der Waals surface area contributed by atoms with E-state index >= 15 is 0 Å². The van der Waals surface area contributed by atoms with Crippen LogP contribution in [0.4, 0.5) is 20.2 Å². The van der Waals surface area contributed by atoms with Crippen LogP contribution in [-0.4, -0.2) is 30.4 Å². The maximum atomic E-state index is 13.2. The predicted molar refractivity (Wildman–Crippen MR) is 100 cm³/mol. The number of halogens is 2. The van der Waals surface area contributed by atoms with Gasteiger partial charge in [-0.2, -0.15) is 8.78 Å². The molecule has 28 heavy (non-hydrogen) atoms. The molecule has 6 nitrogen and oxygen atoms in total. The highest BCUT2D eigenvalue weighted by atomic mass is 32.2. The molecule has 0 aromatic heterocycles. The quantitative estimate of drug-likeness (QED) is 0.817. The lowest BCUT2D eigenvalue weighted by Gasteiger charge is -2.29. The molecule has 0 saturated carbocycles. The molecule has 0 radical (unpaired) electrons. The molecule has 1 atom stereocenters. The molecule has 2 aromatic rings. The van der Waals surface area contributed by atoms with E-state index in [-0.39, 0.29) is 29.5 Å². The number of benzene rings is 2. The molecule has 2 amide bonds. The molecule has 2 aliphatic rings. The number of thioether (sulfide) groups is 1. The number of amides is 2. The van der Waals surface area contributed by atoms with Crippen molar-refractivity contribution in [1.29, 1.82) is 0 Å². The smallest absolute Gasteiger partial charge is 0.387 e. The molecule has 0 spiro atoms. The number of hydrogen-bond acceptors (Lipinski definition) is 5. The number of nitrogens with one attached hydrogen (secondary N) is 1. The Bertz CT molecular complexity index is 955. The van der Waals surface area contributed by atoms with Gasteiger partial charge in [-0.05, 0) is 30.7 Å². The average Bonchev–Trinajstić information content (AvgIpc) is 3.17. The van der Waals surface area contributed by atoms with Crippen molar-refractivity contribution in [3.8, 4) is 11.5 Å². The van der Waals surface area contributed by atoms with Gasteiger partial charge in [-0.3, -0.25) is 14.5 Å². The summed E-state index contributed by atoms with van der Waals surface area (Å²) in [6.45, 7) is -3.03. The number of nitrogens with zero attached hydrogens (tertiary/aromatic N) is 1. The molecule has 2 aromatic carbocycles. The molecule has 0 aliphatic carbocycles. The fourth-order valence-electron chi connectivity index (χ4n) is 3.47. The normalized spacial score (nSPS) is 20.1. The van der Waals surface area contributed by atoms with Crippen LogP contribution in [0.15, 0.2) is 47.4 Å². The van der Waals surface area contributed by atoms with Crippen molar-refractivity contribution in [1.82, 2.24) is 0 Å². The third-order valence-corrected chi connectivity index (χ3v) is 6.14. The van der Waals surface area contributed by atoms with Gasteiger partial charge < -0.3 is 14.8 Å². The minimum atomic E-state index is -3.03. The van der Waals surface area contributed by atoms with Gasteiger partial charge in [0.2, 0.25) is 5.91 Å². The second-order valence-corrected chi connectivity index (χ2v) is 7.60. The molecule has 1 N–H and O–H groups in total. The van der Waals surface area contributed by atoms with Crippen LogP contribution in [0, 0.1) is 0 Å². The molecule has 2 aliphatic heterocycles. The Morgan fingerprint density at radius 2 is 2.04 bits per heavy atom. The summed E-state index contributed by atoms with van der Waals surface area (Å²) < 4.78 is 34.7. The summed E-state index contributed by atoms with van der Waals surface area (Å²) in [4.78, 5) is 26.9. The lowest BCUT2D eigenvalue weighted by atomic mass is 10.1. The minimum Gasteiger partial charge on any atom is -0.493 e. The van der Waals surface area contributed by atoms with Crippen molar-refractivity contribution in [2.24, 2.45) is 0 Å². The summed E-state index contributed by atoms with van der Waals surface area (Å²) in [6.07, 6.45) is 0.616. The molecule has 1 saturated heterocycles. The Morgan fingerprint density at radius 3 is 2.79 bits per heavy atom. The number of carbonyl (C=O) groups excluding carboxylic acids is 2. The predicted octanol–water partition coefficient (Wildman–Crippen LogP) is 3.86. The first-order chi connectivity index (χ1) is 13.4. The second kappa shape index (κ2) is 6.97. The first kappa shape index (κ1) is 18.5. The first-order valence-electron chi connectivity index (χ1n) is 8.50. The van der Waals surface area contributed by atoms with Crippen LogP contribution in [0.1, 0.15) is 12.8 Å². The van der Waals surface area contributed by atoms with Crippen LogP contribution < -0.4 is 19.7 Å². The van der Waals surface area contributed by atoms with Gasteiger partial charge in [0.15, 0.2) is 16.4 Å². The van der Waals surface area contributed by atoms with E-state index in [1.807, 2.05) is 24.3 Å². The number of rotatable bonds is 5. The monoisotopic (exact) mass is 406 g/mol. The molecule has 4 rings (SSSR count). The van der Waals surface area contributed by atoms with E-state index in [0.29, 0.717) is 12.1 Å². The van der Waals surface area contributed by atoms with E-state index in [2.05, 4.69) is 10.1 Å². The highest BCUT2D eigenvalue weighted by molar-refractivity contribution is 8.02. The van der Waals surface area contributed by atoms with E-state index in [1.54, 1.807) is 0 Å². The molecular weight excluding hydrogens is 390 g/mol. The fraction of sp³-hybridized carbons (Fsp3) is 0.263. The summed E-state index contributed by atoms with van der Waals surface area (Å²) in [5, 5.41) is 2.73. The van der Waals surface area contributed by atoms with Gasteiger partial charge in [-0.15, -0.1) is 0 Å². The molecule has 0 bridgehead atoms. The summed E-state index contributed by atoms with van der Waals surface area (Å²) in [5.74, 6) is -0.580. The SMILES string of the molecule is COc1ccc(NC(=O)C23CCC(=O)N2c2ccccc2S3)cc1OC(F)F. The number of alkyl halides is 2. The third-order valence-electron chi connectivity index (χ3n) is 4.67. The van der Waals surface area contributed by atoms with Crippen molar-refractivity contribution in [2.75, 3.05) is 17.3 Å². The molecule has 1 fully saturated rings. The number of carbonyl (C=O) groups is 2. The van der Waals surface area contributed by atoms with Crippen molar-refractivity contribution in [3.05, 3.63) is 42.5 Å². The summed E-state index contributed by atoms with van der Waals surface area (Å²) in [5.41, 5.74) is 0.980. The van der Waals surface area contributed by atoms with Crippen LogP contribution >= 0.6 is 11.8 Å². The van der Waals surface area contributed by atoms with Crippen LogP contribution in [-0.2, 0) is 9.59 Å². The van der Waals surface area contributed by atoms with Gasteiger partial charge in [0.1, 0.15) is 0 Å². The molecule has 1 unspecified atom stereocenters. The zero-order valence-corrected chi connectivity index (χ0v) is 15.6. The van der Waals surface area contributed by atoms with E-state index in [1.165, 1.54) is 42.0 Å². The summed E-state index contributed by atoms with van der Waals surface area (Å²) >= 11 is 1.32. The van der Waals surface area contributed by atoms with Gasteiger partial charge in [0.05, 0.1) is 12.8 Å². The number of hydrogen-bond donors (Lipinski definition) is 1. The summed E-state index contributed by atoms with van der Waals surface area (Å²) in [6, 6.07) is 11.6. The van der Waals surface area contributed by atoms with E-state index in [9.17, 15) is 18.4 Å². The van der Waals surface area contributed by atoms with Crippen LogP contribution in [0.5, 0.6) is 11.5 Å². The Hall–Kier alpha value is -2.81. The Morgan fingerprint density at radius 1 is 1.25 bits per heavy atom. The van der Waals surface area contributed by atoms with Crippen molar-refractivity contribution in [3.63, 3.8) is 0 Å². The standard InChI is InChI=1S/C19H16F2N2O4S/c1-26-13-7-6-11(10-14(13)27-18(20)21)22-17(25)19-9-8-16(24)23(19)12-4-2-3-5-15(12)28-19/h2-7,10,18H,8-9H2,1H3,(H,22,25). The minimum absolute atomic E-state index is 0.121. The van der Waals surface area contributed by atoms with Crippen molar-refractivity contribution < 1.29 is 27.8 Å². The number of ether oxygens (including phenoxy) is 2. The lowest BCUT2D eigenvalue weighted by Crippen LogP contribution is -2.49. The zero-order valence-electron chi connectivity index (χ0n) is 14.8. The van der Waals surface area contributed by atoms with Gasteiger partial charge >= 0.3 is 6.61 Å². The first-order valence-corrected chi connectivity index (χ1v) is 9.31. The highest BCUT2D eigenvalue weighted by Gasteiger charge is 2.57. The molecular formula is C19H16F2N2O4S. The zero-order chi connectivity index (χ0) is 19.9. The fourth-order valence-corrected chi connectivity index (χ4v) is 4.88. The average molecular weight is 406 g/mol. The lowest BCUT2D eigenvalue weighted by molar-refractivity contribution is -0.121. The molecule has 9 heteroatoms. The second-order valence-electron chi connectivity index (χ2n) is 6.28. The van der Waals surface area contributed by atoms with Crippen LogP contribution in [0.2, 0.25) is 0 Å². The number of fused-ring (bicyclic) bond motifs is 3. The van der Waals surface area contributed by atoms with Crippen molar-refractivity contribution >= 4 is 35.0 Å². The maximum Gasteiger partial charge on any atom is 0.387 e. The van der Waals surface area contributed by atoms with Crippen LogP contribution in [0.25, 0.3) is 0 Å². The Kier molecular flexibility index (Phi) is 4.62. The van der Waals surface area contributed by atoms with E-state index < -0.39 is 17.4 Å². The summed E-state index contributed by atoms with van der Waals surface area (Å²) in [7, 11) is 1.33. The van der Waals surface area contributed by atoms with Crippen LogP contribution in [0.3, 0.4) is 0 Å². The highest BCUT2D eigenvalue weighted by Crippen LogP contribution is 2.56. The van der Waals surface area contributed by atoms with E-state index in [4.69, 9.17) is 4.74 Å². The third kappa shape index (κ3) is 2.95. The van der Waals surface area contributed by atoms with Gasteiger partial charge in [-0.1, -0.05) is 23.9 Å². The largest absolute Gasteiger partial charge is 0.493 e. The van der Waals surface area contributed by atoms with Crippen molar-refractivity contribution in [2.45, 2.75) is 29.2 Å². The number of para-hydroxylation sites is 1. The topological polar surface area (TPSA) is 67.9 Å². The van der Waals surface area contributed by atoms with Gasteiger partial charge in [-0.25, -0.2) is 0 Å². The molecule has 2 heterocycles. The van der Waals surface area contributed by atoms with E-state index in [0.717, 1.165) is 4.90 Å². The number of methoxy groups -OCH3 is 1. The molecule has 146 valence electrons. The van der Waals surface area contributed by atoms with Gasteiger partial charge in [0.25, 0.3) is 5.91 Å².